The summed E-state index contributed by atoms with van der Waals surface area (Å²) in [6.45, 7) is 0. The van der Waals surface area contributed by atoms with Crippen molar-refractivity contribution in [2.45, 2.75) is 18.8 Å². The van der Waals surface area contributed by atoms with Crippen LogP contribution >= 0.6 is 0 Å². The molecule has 1 saturated carbocycles. The maximum Gasteiger partial charge on any atom is 0.161 e. The third-order valence-electron chi connectivity index (χ3n) is 2.52. The van der Waals surface area contributed by atoms with Gasteiger partial charge in [0.05, 0.1) is 0 Å². The van der Waals surface area contributed by atoms with E-state index in [9.17, 15) is 0 Å². The highest BCUT2D eigenvalue weighted by atomic mass is 15.2. The van der Waals surface area contributed by atoms with E-state index in [0.717, 1.165) is 17.2 Å². The molecule has 3 nitrogen and oxygen atoms in total. The lowest BCUT2D eigenvalue weighted by atomic mass is 10.2. The van der Waals surface area contributed by atoms with Crippen molar-refractivity contribution in [3.63, 3.8) is 0 Å². The minimum Gasteiger partial charge on any atom is -0.325 e. The molecule has 3 rings (SSSR count). The molecule has 14 heavy (non-hydrogen) atoms. The van der Waals surface area contributed by atoms with E-state index in [1.54, 1.807) is 0 Å². The Hall–Kier alpha value is -1.64. The molecule has 0 atom stereocenters. The fourth-order valence-electron chi connectivity index (χ4n) is 1.54. The summed E-state index contributed by atoms with van der Waals surface area (Å²) < 4.78 is 0. The van der Waals surface area contributed by atoms with E-state index >= 15 is 0 Å². The molecular weight excluding hydrogens is 174 g/mol. The molecule has 2 aromatic rings. The predicted octanol–water partition coefficient (Wildman–Crippen LogP) is 2.35. The van der Waals surface area contributed by atoms with Crippen LogP contribution in [0.1, 0.15) is 24.6 Å². The molecule has 0 aliphatic heterocycles. The van der Waals surface area contributed by atoms with Crippen molar-refractivity contribution >= 4 is 0 Å². The maximum absolute atomic E-state index is 4.15. The van der Waals surface area contributed by atoms with Gasteiger partial charge in [-0.1, -0.05) is 30.3 Å². The molecule has 1 aliphatic rings. The van der Waals surface area contributed by atoms with E-state index < -0.39 is 0 Å². The lowest BCUT2D eigenvalue weighted by molar-refractivity contribution is 0.935. The summed E-state index contributed by atoms with van der Waals surface area (Å²) in [4.78, 5) is 3.27. The van der Waals surface area contributed by atoms with Crippen LogP contribution in [0, 0.1) is 0 Å². The normalized spacial score (nSPS) is 15.7. The molecule has 1 fully saturated rings. The van der Waals surface area contributed by atoms with Crippen molar-refractivity contribution in [2.75, 3.05) is 0 Å². The van der Waals surface area contributed by atoms with Crippen molar-refractivity contribution in [2.24, 2.45) is 0 Å². The average molecular weight is 185 g/mol. The third kappa shape index (κ3) is 1.31. The Kier molecular flexibility index (Phi) is 1.63. The zero-order chi connectivity index (χ0) is 9.38. The summed E-state index contributed by atoms with van der Waals surface area (Å²) in [7, 11) is 0. The summed E-state index contributed by atoms with van der Waals surface area (Å²) in [5, 5.41) is 8.29. The number of nitrogens with one attached hydrogen (secondary N) is 1. The topological polar surface area (TPSA) is 41.6 Å². The molecule has 0 saturated heterocycles. The number of hydrogen-bond acceptors (Lipinski definition) is 2. The standard InChI is InChI=1S/C11H11N3/c1-2-4-8(5-3-1)10-12-11(14-13-10)9-6-7-9/h1-5,9H,6-7H2,(H,12,13,14). The molecule has 1 aliphatic carbocycles. The first kappa shape index (κ1) is 7.74. The molecule has 3 heteroatoms. The second-order valence-electron chi connectivity index (χ2n) is 3.70. The second-order valence-corrected chi connectivity index (χ2v) is 3.70. The zero-order valence-corrected chi connectivity index (χ0v) is 7.77. The number of aromatic nitrogens is 3. The minimum absolute atomic E-state index is 0.639. The average Bonchev–Trinajstić information content (AvgIpc) is 2.98. The lowest BCUT2D eigenvalue weighted by Gasteiger charge is -1.92. The van der Waals surface area contributed by atoms with E-state index in [1.807, 2.05) is 30.3 Å². The van der Waals surface area contributed by atoms with Crippen LogP contribution in [0.25, 0.3) is 11.4 Å². The molecule has 0 radical (unpaired) electrons. The first-order valence-electron chi connectivity index (χ1n) is 4.91. The fraction of sp³-hybridized carbons (Fsp3) is 0.273. The second kappa shape index (κ2) is 2.94. The van der Waals surface area contributed by atoms with Crippen LogP contribution in [0.15, 0.2) is 30.3 Å². The van der Waals surface area contributed by atoms with E-state index in [4.69, 9.17) is 0 Å². The number of hydrogen-bond donors (Lipinski definition) is 1. The van der Waals surface area contributed by atoms with Gasteiger partial charge in [-0.05, 0) is 12.8 Å². The lowest BCUT2D eigenvalue weighted by Crippen LogP contribution is -1.81. The Labute approximate surface area is 82.2 Å². The van der Waals surface area contributed by atoms with E-state index in [1.165, 1.54) is 12.8 Å². The molecular formula is C11H11N3. The molecule has 1 N–H and O–H groups in total. The van der Waals surface area contributed by atoms with Gasteiger partial charge in [-0.3, -0.25) is 0 Å². The molecule has 1 heterocycles. The Morgan fingerprint density at radius 3 is 2.57 bits per heavy atom. The Balaban J connectivity index is 1.96. The molecule has 1 aromatic heterocycles. The van der Waals surface area contributed by atoms with Crippen LogP contribution < -0.4 is 0 Å². The van der Waals surface area contributed by atoms with Crippen LogP contribution in [0.3, 0.4) is 0 Å². The van der Waals surface area contributed by atoms with Crippen molar-refractivity contribution in [3.8, 4) is 11.4 Å². The van der Waals surface area contributed by atoms with Gasteiger partial charge in [-0.2, -0.15) is 0 Å². The Bertz CT molecular complexity index is 429. The van der Waals surface area contributed by atoms with Gasteiger partial charge in [-0.15, -0.1) is 10.2 Å². The number of aromatic amines is 1. The smallest absolute Gasteiger partial charge is 0.161 e. The summed E-state index contributed by atoms with van der Waals surface area (Å²) in [6, 6.07) is 10.1. The van der Waals surface area contributed by atoms with Crippen molar-refractivity contribution in [3.05, 3.63) is 36.2 Å². The monoisotopic (exact) mass is 185 g/mol. The number of H-pyrrole nitrogens is 1. The zero-order valence-electron chi connectivity index (χ0n) is 7.77. The predicted molar refractivity (Wildman–Crippen MR) is 53.8 cm³/mol. The van der Waals surface area contributed by atoms with E-state index in [2.05, 4.69) is 15.2 Å². The Morgan fingerprint density at radius 2 is 1.86 bits per heavy atom. The van der Waals surface area contributed by atoms with Gasteiger partial charge in [0.15, 0.2) is 5.82 Å². The summed E-state index contributed by atoms with van der Waals surface area (Å²) >= 11 is 0. The number of benzene rings is 1. The number of rotatable bonds is 2. The van der Waals surface area contributed by atoms with Crippen LogP contribution in [0.5, 0.6) is 0 Å². The van der Waals surface area contributed by atoms with Gasteiger partial charge in [0.2, 0.25) is 0 Å². The first-order chi connectivity index (χ1) is 6.93. The first-order valence-corrected chi connectivity index (χ1v) is 4.91. The highest BCUT2D eigenvalue weighted by Gasteiger charge is 2.27. The minimum atomic E-state index is 0.639. The van der Waals surface area contributed by atoms with Crippen LogP contribution in [-0.2, 0) is 0 Å². The molecule has 0 spiro atoms. The van der Waals surface area contributed by atoms with Crippen molar-refractivity contribution in [1.29, 1.82) is 0 Å². The maximum atomic E-state index is 4.15. The van der Waals surface area contributed by atoms with Crippen LogP contribution in [0.4, 0.5) is 0 Å². The van der Waals surface area contributed by atoms with Crippen molar-refractivity contribution in [1.82, 2.24) is 15.2 Å². The van der Waals surface area contributed by atoms with Gasteiger partial charge in [-0.25, -0.2) is 0 Å². The summed E-state index contributed by atoms with van der Waals surface area (Å²) in [5.74, 6) is 2.57. The SMILES string of the molecule is c1ccc(-c2nnc(C3CC3)[nH]2)cc1. The quantitative estimate of drug-likeness (QED) is 0.780. The molecule has 1 aromatic carbocycles. The fourth-order valence-corrected chi connectivity index (χ4v) is 1.54. The van der Waals surface area contributed by atoms with Crippen LogP contribution in [-0.4, -0.2) is 15.2 Å². The highest BCUT2D eigenvalue weighted by molar-refractivity contribution is 5.53. The summed E-state index contributed by atoms with van der Waals surface area (Å²) in [5.41, 5.74) is 1.10. The molecule has 0 amide bonds. The van der Waals surface area contributed by atoms with Crippen LogP contribution in [0.2, 0.25) is 0 Å². The number of nitrogens with zero attached hydrogens (tertiary/aromatic N) is 2. The van der Waals surface area contributed by atoms with Crippen molar-refractivity contribution < 1.29 is 0 Å². The summed E-state index contributed by atoms with van der Waals surface area (Å²) in [6.07, 6.45) is 2.51. The van der Waals surface area contributed by atoms with E-state index in [-0.39, 0.29) is 0 Å². The largest absolute Gasteiger partial charge is 0.325 e. The molecule has 0 bridgehead atoms. The molecule has 0 unspecified atom stereocenters. The van der Waals surface area contributed by atoms with Gasteiger partial charge in [0.1, 0.15) is 5.82 Å². The van der Waals surface area contributed by atoms with Gasteiger partial charge in [0.25, 0.3) is 0 Å². The Morgan fingerprint density at radius 1 is 1.07 bits per heavy atom. The van der Waals surface area contributed by atoms with Gasteiger partial charge >= 0.3 is 0 Å². The highest BCUT2D eigenvalue weighted by Crippen LogP contribution is 2.38. The molecule has 70 valence electrons. The third-order valence-corrected chi connectivity index (χ3v) is 2.52. The van der Waals surface area contributed by atoms with Gasteiger partial charge < -0.3 is 4.98 Å². The van der Waals surface area contributed by atoms with E-state index in [0.29, 0.717) is 5.92 Å². The van der Waals surface area contributed by atoms with Gasteiger partial charge in [0, 0.05) is 11.5 Å².